The van der Waals surface area contributed by atoms with Crippen molar-refractivity contribution < 1.29 is 4.74 Å². The Morgan fingerprint density at radius 2 is 1.77 bits per heavy atom. The fourth-order valence-corrected chi connectivity index (χ4v) is 0.974. The minimum atomic E-state index is 0.235. The van der Waals surface area contributed by atoms with Gasteiger partial charge in [-0.05, 0) is 32.1 Å². The van der Waals surface area contributed by atoms with E-state index in [1.54, 1.807) is 0 Å². The molecule has 0 spiro atoms. The van der Waals surface area contributed by atoms with Gasteiger partial charge in [0.05, 0.1) is 12.4 Å². The van der Waals surface area contributed by atoms with Crippen LogP contribution in [-0.2, 0) is 4.74 Å². The van der Waals surface area contributed by atoms with Crippen molar-refractivity contribution in [2.24, 2.45) is 5.41 Å². The lowest BCUT2D eigenvalue weighted by Gasteiger charge is -2.24. The van der Waals surface area contributed by atoms with E-state index in [4.69, 9.17) is 4.74 Å². The van der Waals surface area contributed by atoms with Crippen molar-refractivity contribution in [3.8, 4) is 0 Å². The molecule has 0 saturated carbocycles. The maximum atomic E-state index is 5.29. The smallest absolute Gasteiger partial charge is 0.0877 e. The number of hydrogen-bond acceptors (Lipinski definition) is 1. The van der Waals surface area contributed by atoms with Gasteiger partial charge in [0.1, 0.15) is 0 Å². The molecule has 0 unspecified atom stereocenters. The Labute approximate surface area is 82.5 Å². The van der Waals surface area contributed by atoms with Gasteiger partial charge in [0.15, 0.2) is 0 Å². The molecule has 0 amide bonds. The SMILES string of the molecule is C=C(C)OCCCC(C)(C)C(=C)C. The highest BCUT2D eigenvalue weighted by Gasteiger charge is 2.17. The summed E-state index contributed by atoms with van der Waals surface area (Å²) >= 11 is 0. The molecule has 13 heavy (non-hydrogen) atoms. The van der Waals surface area contributed by atoms with Crippen LogP contribution < -0.4 is 0 Å². The van der Waals surface area contributed by atoms with Gasteiger partial charge in [-0.15, -0.1) is 0 Å². The summed E-state index contributed by atoms with van der Waals surface area (Å²) in [7, 11) is 0. The number of rotatable bonds is 6. The van der Waals surface area contributed by atoms with Crippen LogP contribution in [0.1, 0.15) is 40.5 Å². The number of allylic oxidation sites excluding steroid dienone is 2. The Hall–Kier alpha value is -0.720. The van der Waals surface area contributed by atoms with E-state index in [9.17, 15) is 0 Å². The van der Waals surface area contributed by atoms with Crippen LogP contribution in [0.2, 0.25) is 0 Å². The second kappa shape index (κ2) is 5.11. The quantitative estimate of drug-likeness (QED) is 0.344. The summed E-state index contributed by atoms with van der Waals surface area (Å²) in [4.78, 5) is 0. The molecule has 0 heterocycles. The first-order chi connectivity index (χ1) is 5.86. The standard InChI is InChI=1S/C12H22O/c1-10(2)12(5,6)8-7-9-13-11(3)4/h1,3,7-9H2,2,4-6H3. The average molecular weight is 182 g/mol. The van der Waals surface area contributed by atoms with Crippen LogP contribution in [0.5, 0.6) is 0 Å². The molecular weight excluding hydrogens is 160 g/mol. The highest BCUT2D eigenvalue weighted by molar-refractivity contribution is 5.02. The van der Waals surface area contributed by atoms with Gasteiger partial charge >= 0.3 is 0 Å². The predicted octanol–water partition coefficient (Wildman–Crippen LogP) is 3.92. The van der Waals surface area contributed by atoms with Gasteiger partial charge < -0.3 is 4.74 Å². The summed E-state index contributed by atoms with van der Waals surface area (Å²) in [6, 6.07) is 0. The summed E-state index contributed by atoms with van der Waals surface area (Å²) < 4.78 is 5.29. The molecule has 0 aromatic heterocycles. The van der Waals surface area contributed by atoms with E-state index < -0.39 is 0 Å². The first kappa shape index (κ1) is 12.3. The van der Waals surface area contributed by atoms with Crippen molar-refractivity contribution in [3.63, 3.8) is 0 Å². The molecule has 0 radical (unpaired) electrons. The molecule has 76 valence electrons. The normalized spacial score (nSPS) is 11.1. The minimum absolute atomic E-state index is 0.235. The van der Waals surface area contributed by atoms with Crippen molar-refractivity contribution in [1.82, 2.24) is 0 Å². The lowest BCUT2D eigenvalue weighted by molar-refractivity contribution is 0.196. The van der Waals surface area contributed by atoms with E-state index in [1.807, 2.05) is 6.92 Å². The predicted molar refractivity (Wildman–Crippen MR) is 58.6 cm³/mol. The fraction of sp³-hybridized carbons (Fsp3) is 0.667. The lowest BCUT2D eigenvalue weighted by atomic mass is 9.82. The molecule has 0 aliphatic carbocycles. The highest BCUT2D eigenvalue weighted by atomic mass is 16.5. The molecule has 0 aromatic carbocycles. The van der Waals surface area contributed by atoms with E-state index in [0.717, 1.165) is 25.2 Å². The third kappa shape index (κ3) is 5.51. The highest BCUT2D eigenvalue weighted by Crippen LogP contribution is 2.29. The maximum absolute atomic E-state index is 5.29. The fourth-order valence-electron chi connectivity index (χ4n) is 0.974. The van der Waals surface area contributed by atoms with Crippen molar-refractivity contribution >= 4 is 0 Å². The molecule has 0 aliphatic rings. The largest absolute Gasteiger partial charge is 0.499 e. The minimum Gasteiger partial charge on any atom is -0.499 e. The van der Waals surface area contributed by atoms with E-state index in [-0.39, 0.29) is 5.41 Å². The van der Waals surface area contributed by atoms with Crippen LogP contribution in [0, 0.1) is 5.41 Å². The summed E-state index contributed by atoms with van der Waals surface area (Å²) in [5.74, 6) is 0.799. The van der Waals surface area contributed by atoms with Gasteiger partial charge in [0.25, 0.3) is 0 Å². The molecule has 0 saturated heterocycles. The topological polar surface area (TPSA) is 9.23 Å². The molecule has 1 nitrogen and oxygen atoms in total. The first-order valence-electron chi connectivity index (χ1n) is 4.80. The number of ether oxygens (including phenoxy) is 1. The summed E-state index contributed by atoms with van der Waals surface area (Å²) in [5.41, 5.74) is 1.47. The second-order valence-corrected chi connectivity index (χ2v) is 4.32. The zero-order chi connectivity index (χ0) is 10.5. The molecule has 1 heteroatoms. The summed E-state index contributed by atoms with van der Waals surface area (Å²) in [5, 5.41) is 0. The van der Waals surface area contributed by atoms with Crippen molar-refractivity contribution in [2.45, 2.75) is 40.5 Å². The Balaban J connectivity index is 3.64. The number of hydrogen-bond donors (Lipinski definition) is 0. The molecule has 0 aliphatic heterocycles. The van der Waals surface area contributed by atoms with E-state index >= 15 is 0 Å². The second-order valence-electron chi connectivity index (χ2n) is 4.32. The third-order valence-electron chi connectivity index (χ3n) is 2.45. The molecule has 0 aromatic rings. The summed E-state index contributed by atoms with van der Waals surface area (Å²) in [6.45, 7) is 16.8. The van der Waals surface area contributed by atoms with Gasteiger partial charge in [-0.1, -0.05) is 32.6 Å². The lowest BCUT2D eigenvalue weighted by Crippen LogP contribution is -2.13. The van der Waals surface area contributed by atoms with E-state index in [2.05, 4.69) is 33.9 Å². The molecular formula is C12H22O. The third-order valence-corrected chi connectivity index (χ3v) is 2.45. The molecule has 0 atom stereocenters. The van der Waals surface area contributed by atoms with Gasteiger partial charge in [-0.3, -0.25) is 0 Å². The Bertz CT molecular complexity index is 189. The molecule has 0 fully saturated rings. The monoisotopic (exact) mass is 182 g/mol. The molecule has 0 N–H and O–H groups in total. The maximum Gasteiger partial charge on any atom is 0.0877 e. The van der Waals surface area contributed by atoms with Crippen LogP contribution in [-0.4, -0.2) is 6.61 Å². The first-order valence-corrected chi connectivity index (χ1v) is 4.80. The van der Waals surface area contributed by atoms with Crippen LogP contribution in [0.25, 0.3) is 0 Å². The van der Waals surface area contributed by atoms with Gasteiger partial charge in [-0.2, -0.15) is 0 Å². The van der Waals surface area contributed by atoms with E-state index in [0.29, 0.717) is 0 Å². The zero-order valence-corrected chi connectivity index (χ0v) is 9.44. The zero-order valence-electron chi connectivity index (χ0n) is 9.44. The Kier molecular flexibility index (Phi) is 4.82. The molecule has 0 rings (SSSR count). The van der Waals surface area contributed by atoms with Crippen LogP contribution in [0.3, 0.4) is 0 Å². The van der Waals surface area contributed by atoms with Crippen LogP contribution in [0.4, 0.5) is 0 Å². The van der Waals surface area contributed by atoms with Gasteiger partial charge in [0.2, 0.25) is 0 Å². The Morgan fingerprint density at radius 1 is 1.23 bits per heavy atom. The summed E-state index contributed by atoms with van der Waals surface area (Å²) in [6.07, 6.45) is 2.18. The van der Waals surface area contributed by atoms with E-state index in [1.165, 1.54) is 5.57 Å². The van der Waals surface area contributed by atoms with Gasteiger partial charge in [-0.25, -0.2) is 0 Å². The van der Waals surface area contributed by atoms with Crippen LogP contribution >= 0.6 is 0 Å². The van der Waals surface area contributed by atoms with Gasteiger partial charge in [0, 0.05) is 0 Å². The molecule has 0 bridgehead atoms. The van der Waals surface area contributed by atoms with Crippen molar-refractivity contribution in [1.29, 1.82) is 0 Å². The van der Waals surface area contributed by atoms with Crippen LogP contribution in [0.15, 0.2) is 24.5 Å². The Morgan fingerprint density at radius 3 is 2.15 bits per heavy atom. The average Bonchev–Trinajstić information content (AvgIpc) is 1.97. The van der Waals surface area contributed by atoms with Crippen molar-refractivity contribution in [2.75, 3.05) is 6.61 Å². The van der Waals surface area contributed by atoms with Crippen molar-refractivity contribution in [3.05, 3.63) is 24.5 Å².